The zero-order valence-electron chi connectivity index (χ0n) is 23.3. The van der Waals surface area contributed by atoms with Crippen molar-refractivity contribution in [2.45, 2.75) is 0 Å². The third kappa shape index (κ3) is 6.68. The highest BCUT2D eigenvalue weighted by Crippen LogP contribution is 2.28. The molecule has 0 radical (unpaired) electrons. The summed E-state index contributed by atoms with van der Waals surface area (Å²) in [6.07, 6.45) is 0. The quantitative estimate of drug-likeness (QED) is 0.104. The number of benzene rings is 4. The molecule has 4 aromatic carbocycles. The molecular formula is C32H18O15. The summed E-state index contributed by atoms with van der Waals surface area (Å²) in [5.41, 5.74) is -4.54. The maximum Gasteiger partial charge on any atom is 0.346 e. The summed E-state index contributed by atoms with van der Waals surface area (Å²) in [5, 5.41) is 56.7. The molecule has 0 aliphatic carbocycles. The number of carbonyl (C=O) groups is 8. The first kappa shape index (κ1) is 32.7. The molecule has 0 aliphatic heterocycles. The fourth-order valence-corrected chi connectivity index (χ4v) is 4.53. The number of ether oxygens (including phenoxy) is 1. The number of hydrogen-bond acceptors (Lipinski definition) is 9. The molecule has 0 unspecified atom stereocenters. The molecule has 15 nitrogen and oxygen atoms in total. The van der Waals surface area contributed by atoms with Crippen LogP contribution in [0.1, 0.15) is 82.9 Å². The molecule has 4 rings (SSSR count). The zero-order chi connectivity index (χ0) is 34.7. The molecule has 0 spiro atoms. The van der Waals surface area contributed by atoms with Gasteiger partial charge in [0.1, 0.15) is 0 Å². The molecule has 0 bridgehead atoms. The molecule has 4 aromatic rings. The fraction of sp³-hybridized carbons (Fsp3) is 0. The van der Waals surface area contributed by atoms with Crippen molar-refractivity contribution in [1.82, 2.24) is 0 Å². The second-order valence-electron chi connectivity index (χ2n) is 9.55. The Balaban J connectivity index is 1.67. The van der Waals surface area contributed by atoms with Crippen molar-refractivity contribution in [1.29, 1.82) is 0 Å². The number of carbonyl (C=O) groups excluding carboxylic acids is 2. The van der Waals surface area contributed by atoms with Gasteiger partial charge in [0.2, 0.25) is 0 Å². The van der Waals surface area contributed by atoms with Gasteiger partial charge in [-0.2, -0.15) is 0 Å². The molecule has 6 N–H and O–H groups in total. The molecule has 0 amide bonds. The number of carboxylic acids is 6. The van der Waals surface area contributed by atoms with E-state index in [4.69, 9.17) is 4.74 Å². The van der Waals surface area contributed by atoms with Gasteiger partial charge < -0.3 is 35.4 Å². The van der Waals surface area contributed by atoms with Gasteiger partial charge in [-0.15, -0.1) is 0 Å². The maximum atomic E-state index is 12.9. The normalized spacial score (nSPS) is 10.5. The minimum Gasteiger partial charge on any atom is -0.478 e. The van der Waals surface area contributed by atoms with E-state index in [9.17, 15) is 69.0 Å². The molecule has 15 heteroatoms. The van der Waals surface area contributed by atoms with Crippen LogP contribution in [0, 0.1) is 0 Å². The van der Waals surface area contributed by atoms with Crippen LogP contribution in [0.4, 0.5) is 0 Å². The Bertz CT molecular complexity index is 1930. The molecule has 236 valence electrons. The second kappa shape index (κ2) is 12.8. The fourth-order valence-electron chi connectivity index (χ4n) is 4.53. The topological polar surface area (TPSA) is 267 Å². The van der Waals surface area contributed by atoms with E-state index < -0.39 is 92.3 Å². The van der Waals surface area contributed by atoms with Crippen molar-refractivity contribution >= 4 is 47.8 Å². The lowest BCUT2D eigenvalue weighted by molar-refractivity contribution is 0.0385. The van der Waals surface area contributed by atoms with E-state index in [1.165, 1.54) is 24.3 Å². The number of rotatable bonds is 10. The van der Waals surface area contributed by atoms with Crippen LogP contribution in [0.15, 0.2) is 72.8 Å². The lowest BCUT2D eigenvalue weighted by Gasteiger charge is -2.12. The zero-order valence-corrected chi connectivity index (χ0v) is 23.3. The summed E-state index contributed by atoms with van der Waals surface area (Å²) in [4.78, 5) is 95.7. The Hall–Kier alpha value is -7.16. The van der Waals surface area contributed by atoms with Gasteiger partial charge in [-0.25, -0.2) is 38.4 Å². The van der Waals surface area contributed by atoms with Crippen LogP contribution < -0.4 is 0 Å². The first-order valence-corrected chi connectivity index (χ1v) is 12.8. The molecule has 47 heavy (non-hydrogen) atoms. The first-order chi connectivity index (χ1) is 22.1. The first-order valence-electron chi connectivity index (χ1n) is 12.8. The van der Waals surface area contributed by atoms with Crippen LogP contribution in [-0.2, 0) is 4.74 Å². The lowest BCUT2D eigenvalue weighted by Crippen LogP contribution is -2.18. The van der Waals surface area contributed by atoms with Gasteiger partial charge in [0.15, 0.2) is 0 Å². The molecule has 0 heterocycles. The molecule has 0 atom stereocenters. The van der Waals surface area contributed by atoms with Gasteiger partial charge in [-0.1, -0.05) is 24.3 Å². The second-order valence-corrected chi connectivity index (χ2v) is 9.55. The number of aromatic carboxylic acids is 6. The predicted molar refractivity (Wildman–Crippen MR) is 155 cm³/mol. The number of esters is 2. The maximum absolute atomic E-state index is 12.9. The van der Waals surface area contributed by atoms with E-state index in [0.29, 0.717) is 0 Å². The van der Waals surface area contributed by atoms with Crippen molar-refractivity contribution in [3.63, 3.8) is 0 Å². The summed E-state index contributed by atoms with van der Waals surface area (Å²) in [6.45, 7) is 0. The Morgan fingerprint density at radius 3 is 0.766 bits per heavy atom. The van der Waals surface area contributed by atoms with E-state index in [-0.39, 0.29) is 22.3 Å². The van der Waals surface area contributed by atoms with Crippen LogP contribution in [0.25, 0.3) is 22.3 Å². The van der Waals surface area contributed by atoms with E-state index in [2.05, 4.69) is 0 Å². The smallest absolute Gasteiger partial charge is 0.346 e. The van der Waals surface area contributed by atoms with Gasteiger partial charge in [-0.05, 0) is 70.8 Å². The Morgan fingerprint density at radius 1 is 0.319 bits per heavy atom. The molecule has 0 fully saturated rings. The highest BCUT2D eigenvalue weighted by atomic mass is 16.6. The number of hydrogen-bond donors (Lipinski definition) is 6. The van der Waals surface area contributed by atoms with Crippen molar-refractivity contribution < 1.29 is 73.7 Å². The van der Waals surface area contributed by atoms with Crippen molar-refractivity contribution in [3.05, 3.63) is 117 Å². The van der Waals surface area contributed by atoms with Crippen LogP contribution in [0.5, 0.6) is 0 Å². The third-order valence-electron chi connectivity index (χ3n) is 6.75. The lowest BCUT2D eigenvalue weighted by atomic mass is 9.95. The summed E-state index contributed by atoms with van der Waals surface area (Å²) in [7, 11) is 0. The summed E-state index contributed by atoms with van der Waals surface area (Å²) in [5.74, 6) is -12.4. The van der Waals surface area contributed by atoms with E-state index >= 15 is 0 Å². The average molecular weight is 642 g/mol. The molecule has 0 aromatic heterocycles. The van der Waals surface area contributed by atoms with E-state index in [1.54, 1.807) is 0 Å². The van der Waals surface area contributed by atoms with Crippen molar-refractivity contribution in [2.75, 3.05) is 0 Å². The molecule has 0 saturated carbocycles. The Labute approximate surface area is 261 Å². The van der Waals surface area contributed by atoms with Gasteiger partial charge in [-0.3, -0.25) is 0 Å². The monoisotopic (exact) mass is 642 g/mol. The van der Waals surface area contributed by atoms with Crippen LogP contribution >= 0.6 is 0 Å². The Morgan fingerprint density at radius 2 is 0.532 bits per heavy atom. The minimum atomic E-state index is -1.66. The van der Waals surface area contributed by atoms with E-state index in [1.807, 2.05) is 0 Å². The molecule has 0 saturated heterocycles. The van der Waals surface area contributed by atoms with Crippen molar-refractivity contribution in [3.8, 4) is 22.3 Å². The highest BCUT2D eigenvalue weighted by Gasteiger charge is 2.26. The van der Waals surface area contributed by atoms with E-state index in [0.717, 1.165) is 48.5 Å². The van der Waals surface area contributed by atoms with Gasteiger partial charge in [0.25, 0.3) is 0 Å². The van der Waals surface area contributed by atoms with Crippen LogP contribution in [-0.4, -0.2) is 78.4 Å². The largest absolute Gasteiger partial charge is 0.478 e. The molecular weight excluding hydrogens is 624 g/mol. The third-order valence-corrected chi connectivity index (χ3v) is 6.75. The standard InChI is InChI=1S/C32H18O15/c33-25(34)17-5-1-13(9-21(17)27(37)38)15-3-7-19(23(11-15)29(41)42)31(45)47-32(46)20-8-4-16(12-24(20)30(43)44)14-2-6-18(26(35)36)22(10-14)28(39)40/h1-12H,(H,33,34)(H,35,36)(H,37,38)(H,39,40)(H,41,42)(H,43,44). The van der Waals surface area contributed by atoms with Crippen molar-refractivity contribution in [2.24, 2.45) is 0 Å². The highest BCUT2D eigenvalue weighted by molar-refractivity contribution is 6.11. The predicted octanol–water partition coefficient (Wildman–Crippen LogP) is 4.21. The summed E-state index contributed by atoms with van der Waals surface area (Å²) >= 11 is 0. The van der Waals surface area contributed by atoms with Crippen LogP contribution in [0.3, 0.4) is 0 Å². The van der Waals surface area contributed by atoms with Crippen LogP contribution in [0.2, 0.25) is 0 Å². The Kier molecular flexibility index (Phi) is 8.94. The average Bonchev–Trinajstić information content (AvgIpc) is 3.03. The molecule has 0 aliphatic rings. The summed E-state index contributed by atoms with van der Waals surface area (Å²) in [6, 6.07) is 12.7. The minimum absolute atomic E-state index is 0.0657. The number of carboxylic acid groups (broad SMARTS) is 6. The van der Waals surface area contributed by atoms with Gasteiger partial charge >= 0.3 is 47.8 Å². The SMILES string of the molecule is O=C(O)c1ccc(-c2ccc(C(=O)OC(=O)c3ccc(-c4ccc(C(=O)O)c(C(=O)O)c4)cc3C(=O)O)c(C(=O)O)c2)cc1C(=O)O. The van der Waals surface area contributed by atoms with Gasteiger partial charge in [0.05, 0.1) is 44.5 Å². The van der Waals surface area contributed by atoms with Gasteiger partial charge in [0, 0.05) is 0 Å². The summed E-state index contributed by atoms with van der Waals surface area (Å²) < 4.78 is 4.79.